The number of hydrogen-bond acceptors (Lipinski definition) is 8. The summed E-state index contributed by atoms with van der Waals surface area (Å²) in [5.74, 6) is -2.37. The lowest BCUT2D eigenvalue weighted by atomic mass is 10.0. The maximum Gasteiger partial charge on any atom is 0.472 e. The monoisotopic (exact) mass is 884 g/mol. The van der Waals surface area contributed by atoms with Crippen molar-refractivity contribution in [1.82, 2.24) is 5.32 Å². The Hall–Kier alpha value is -2.30. The van der Waals surface area contributed by atoms with Gasteiger partial charge in [0.2, 0.25) is 5.91 Å². The Morgan fingerprint density at radius 2 is 0.902 bits per heavy atom. The molecule has 61 heavy (non-hydrogen) atoms. The number of aliphatic hydroxyl groups is 1. The summed E-state index contributed by atoms with van der Waals surface area (Å²) >= 11 is 0. The molecule has 3 unspecified atom stereocenters. The Bertz CT molecular complexity index is 1180. The fraction of sp³-hybridized carbons (Fsp3) is 0.816. The van der Waals surface area contributed by atoms with Gasteiger partial charge in [-0.1, -0.05) is 198 Å². The number of carboxylic acids is 1. The predicted octanol–water partition coefficient (Wildman–Crippen LogP) is 13.2. The van der Waals surface area contributed by atoms with Gasteiger partial charge < -0.3 is 25.2 Å². The molecule has 0 spiro atoms. The number of aliphatic carboxylic acids is 1. The molecule has 0 aliphatic rings. The first kappa shape index (κ1) is 58.7. The van der Waals surface area contributed by atoms with Gasteiger partial charge >= 0.3 is 19.8 Å². The van der Waals surface area contributed by atoms with Crippen LogP contribution in [0.25, 0.3) is 0 Å². The zero-order chi connectivity index (χ0) is 44.9. The van der Waals surface area contributed by atoms with E-state index in [9.17, 15) is 34.1 Å². The summed E-state index contributed by atoms with van der Waals surface area (Å²) in [4.78, 5) is 46.0. The molecule has 0 aromatic carbocycles. The van der Waals surface area contributed by atoms with Crippen LogP contribution in [-0.2, 0) is 32.7 Å². The largest absolute Gasteiger partial charge is 0.480 e. The second-order valence-corrected chi connectivity index (χ2v) is 18.1. The van der Waals surface area contributed by atoms with E-state index in [4.69, 9.17) is 13.8 Å². The lowest BCUT2D eigenvalue weighted by Crippen LogP contribution is -2.43. The number of aliphatic hydroxyl groups excluding tert-OH is 1. The molecule has 0 heterocycles. The summed E-state index contributed by atoms with van der Waals surface area (Å²) in [6.45, 7) is 2.58. The van der Waals surface area contributed by atoms with Crippen LogP contribution in [0.4, 0.5) is 0 Å². The van der Waals surface area contributed by atoms with Gasteiger partial charge in [0.1, 0.15) is 12.7 Å². The maximum absolute atomic E-state index is 12.3. The summed E-state index contributed by atoms with van der Waals surface area (Å²) in [7, 11) is -4.76. The Kier molecular flexibility index (Phi) is 42.6. The molecule has 11 nitrogen and oxygen atoms in total. The van der Waals surface area contributed by atoms with Gasteiger partial charge in [0.05, 0.1) is 13.2 Å². The molecule has 4 N–H and O–H groups in total. The van der Waals surface area contributed by atoms with Crippen molar-refractivity contribution in [3.05, 3.63) is 36.5 Å². The third kappa shape index (κ3) is 44.1. The van der Waals surface area contributed by atoms with Crippen LogP contribution in [0.2, 0.25) is 0 Å². The molecular formula is C49H90NO10P. The number of allylic oxidation sites excluding steroid dienone is 6. The highest BCUT2D eigenvalue weighted by atomic mass is 31.2. The fourth-order valence-electron chi connectivity index (χ4n) is 6.85. The second kappa shape index (κ2) is 44.3. The van der Waals surface area contributed by atoms with Gasteiger partial charge in [-0.15, -0.1) is 0 Å². The van der Waals surface area contributed by atoms with Gasteiger partial charge in [0, 0.05) is 12.8 Å². The lowest BCUT2D eigenvalue weighted by Gasteiger charge is -2.18. The van der Waals surface area contributed by atoms with E-state index >= 15 is 0 Å². The van der Waals surface area contributed by atoms with E-state index in [0.717, 1.165) is 57.8 Å². The Balaban J connectivity index is 3.82. The first-order chi connectivity index (χ1) is 29.6. The van der Waals surface area contributed by atoms with E-state index in [1.807, 2.05) is 0 Å². The van der Waals surface area contributed by atoms with Crippen LogP contribution in [0.1, 0.15) is 226 Å². The molecule has 1 amide bonds. The van der Waals surface area contributed by atoms with Crippen molar-refractivity contribution in [2.75, 3.05) is 19.8 Å². The van der Waals surface area contributed by atoms with Crippen LogP contribution >= 0.6 is 7.82 Å². The van der Waals surface area contributed by atoms with Crippen molar-refractivity contribution in [2.24, 2.45) is 0 Å². The molecule has 0 aromatic heterocycles. The highest BCUT2D eigenvalue weighted by Crippen LogP contribution is 2.43. The van der Waals surface area contributed by atoms with Gasteiger partial charge in [-0.3, -0.25) is 18.6 Å². The van der Waals surface area contributed by atoms with Crippen molar-refractivity contribution in [1.29, 1.82) is 0 Å². The lowest BCUT2D eigenvalue weighted by molar-refractivity contribution is -0.147. The summed E-state index contributed by atoms with van der Waals surface area (Å²) in [5.41, 5.74) is 0. The van der Waals surface area contributed by atoms with E-state index in [2.05, 4.69) is 55.6 Å². The number of hydrogen-bond donors (Lipinski definition) is 4. The molecule has 0 aromatic rings. The van der Waals surface area contributed by atoms with Gasteiger partial charge in [-0.2, -0.15) is 0 Å². The van der Waals surface area contributed by atoms with Crippen LogP contribution in [0.15, 0.2) is 36.5 Å². The molecule has 0 rings (SSSR count). The normalized spacial score (nSPS) is 13.9. The topological polar surface area (TPSA) is 169 Å². The number of carbonyl (C=O) groups is 3. The number of ether oxygens (including phenoxy) is 1. The molecule has 0 radical (unpaired) electrons. The number of phosphoric ester groups is 1. The Morgan fingerprint density at radius 1 is 0.525 bits per heavy atom. The minimum atomic E-state index is -4.76. The summed E-state index contributed by atoms with van der Waals surface area (Å²) in [6, 6.07) is -1.54. The standard InChI is InChI=1S/C49H90NO10P/c1-3-5-7-9-11-13-15-17-19-20-21-22-23-24-25-26-27-29-31-33-35-37-39-41-48(53)58-42-45(51)43-59-61(56,57)60-44-46(49(54)55)50-47(52)40-38-36-34-32-30-28-18-16-14-12-10-8-6-4-2/h11,13,17,19,21-22,45-46,51H,3-10,12,14-16,18,20,23-44H2,1-2H3,(H,50,52)(H,54,55)(H,56,57)/b13-11-,19-17-,22-21-. The number of phosphoric acid groups is 1. The van der Waals surface area contributed by atoms with E-state index in [1.54, 1.807) is 0 Å². The fourth-order valence-corrected chi connectivity index (χ4v) is 7.63. The Morgan fingerprint density at radius 3 is 1.38 bits per heavy atom. The average Bonchev–Trinajstić information content (AvgIpc) is 3.24. The summed E-state index contributed by atoms with van der Waals surface area (Å²) < 4.78 is 26.9. The number of rotatable bonds is 46. The van der Waals surface area contributed by atoms with Gasteiger partial charge in [0.15, 0.2) is 6.04 Å². The molecule has 0 aliphatic heterocycles. The predicted molar refractivity (Wildman–Crippen MR) is 249 cm³/mol. The third-order valence-corrected chi connectivity index (χ3v) is 11.6. The second-order valence-electron chi connectivity index (χ2n) is 16.7. The number of carboxylic acid groups (broad SMARTS) is 1. The highest BCUT2D eigenvalue weighted by Gasteiger charge is 2.28. The van der Waals surface area contributed by atoms with Crippen molar-refractivity contribution >= 4 is 25.7 Å². The number of carbonyl (C=O) groups excluding carboxylic acids is 2. The molecule has 0 saturated heterocycles. The smallest absolute Gasteiger partial charge is 0.472 e. The van der Waals surface area contributed by atoms with Crippen LogP contribution in [-0.4, -0.2) is 64.9 Å². The number of nitrogens with one attached hydrogen (secondary N) is 1. The first-order valence-corrected chi connectivity index (χ1v) is 26.0. The molecule has 0 bridgehead atoms. The summed E-state index contributed by atoms with van der Waals surface area (Å²) in [6.07, 6.45) is 48.8. The Labute approximate surface area is 371 Å². The van der Waals surface area contributed by atoms with Crippen molar-refractivity contribution in [3.63, 3.8) is 0 Å². The van der Waals surface area contributed by atoms with Crippen LogP contribution in [0.5, 0.6) is 0 Å². The van der Waals surface area contributed by atoms with Gasteiger partial charge in [0.25, 0.3) is 0 Å². The third-order valence-electron chi connectivity index (χ3n) is 10.7. The average molecular weight is 884 g/mol. The molecule has 0 fully saturated rings. The van der Waals surface area contributed by atoms with Crippen LogP contribution in [0, 0.1) is 0 Å². The van der Waals surface area contributed by atoms with E-state index < -0.39 is 57.6 Å². The maximum atomic E-state index is 12.3. The van der Waals surface area contributed by atoms with Crippen molar-refractivity contribution < 1.29 is 47.8 Å². The zero-order valence-corrected chi connectivity index (χ0v) is 39.6. The van der Waals surface area contributed by atoms with Gasteiger partial charge in [-0.25, -0.2) is 9.36 Å². The minimum Gasteiger partial charge on any atom is -0.480 e. The first-order valence-electron chi connectivity index (χ1n) is 24.5. The van der Waals surface area contributed by atoms with Crippen molar-refractivity contribution in [3.8, 4) is 0 Å². The van der Waals surface area contributed by atoms with E-state index in [0.29, 0.717) is 12.8 Å². The van der Waals surface area contributed by atoms with Gasteiger partial charge in [-0.05, 0) is 51.4 Å². The van der Waals surface area contributed by atoms with E-state index in [-0.39, 0.29) is 12.8 Å². The molecule has 356 valence electrons. The molecular weight excluding hydrogens is 794 g/mol. The van der Waals surface area contributed by atoms with Crippen molar-refractivity contribution in [2.45, 2.75) is 238 Å². The number of unbranched alkanes of at least 4 members (excludes halogenated alkanes) is 26. The molecule has 12 heteroatoms. The quantitative estimate of drug-likeness (QED) is 0.0200. The molecule has 3 atom stereocenters. The number of amides is 1. The zero-order valence-electron chi connectivity index (χ0n) is 38.7. The molecule has 0 saturated carbocycles. The molecule has 0 aliphatic carbocycles. The van der Waals surface area contributed by atoms with E-state index in [1.165, 1.54) is 128 Å². The SMILES string of the molecule is CCCCC/C=C\C/C=C\C/C=C\CCCCCCCCCCCCC(=O)OCC(O)COP(=O)(O)OCC(NC(=O)CCCCCCCCCCCCCCCC)C(=O)O. The minimum absolute atomic E-state index is 0.149. The summed E-state index contributed by atoms with van der Waals surface area (Å²) in [5, 5.41) is 21.9. The highest BCUT2D eigenvalue weighted by molar-refractivity contribution is 7.47. The van der Waals surface area contributed by atoms with Crippen LogP contribution in [0.3, 0.4) is 0 Å². The number of esters is 1. The van der Waals surface area contributed by atoms with Crippen LogP contribution < -0.4 is 5.32 Å².